The maximum absolute atomic E-state index is 13.0. The highest BCUT2D eigenvalue weighted by Gasteiger charge is 2.37. The first-order valence-electron chi connectivity index (χ1n) is 6.38. The zero-order valence-electron chi connectivity index (χ0n) is 11.6. The molecule has 2 unspecified atom stereocenters. The monoisotopic (exact) mass is 320 g/mol. The third kappa shape index (κ3) is 4.54. The average molecular weight is 320 g/mol. The van der Waals surface area contributed by atoms with Crippen LogP contribution in [0.1, 0.15) is 40.9 Å². The molecule has 0 radical (unpaired) electrons. The number of aliphatic hydroxyl groups excluding tert-OH is 2. The Morgan fingerprint density at radius 2 is 2.00 bits per heavy atom. The van der Waals surface area contributed by atoms with Crippen molar-refractivity contribution in [3.8, 4) is 0 Å². The van der Waals surface area contributed by atoms with Gasteiger partial charge in [0.05, 0.1) is 24.7 Å². The predicted molar refractivity (Wildman–Crippen MR) is 69.0 cm³/mol. The number of ether oxygens (including phenoxy) is 1. The Bertz CT molecular complexity index is 542. The van der Waals surface area contributed by atoms with E-state index in [1.807, 2.05) is 0 Å². The summed E-state index contributed by atoms with van der Waals surface area (Å²) in [6.07, 6.45) is -8.94. The highest BCUT2D eigenvalue weighted by atomic mass is 19.4. The molecule has 5 nitrogen and oxygen atoms in total. The number of alkyl halides is 3. The first-order chi connectivity index (χ1) is 10.2. The van der Waals surface area contributed by atoms with Crippen LogP contribution in [0.15, 0.2) is 18.2 Å². The predicted octanol–water partition coefficient (Wildman–Crippen LogP) is 1.87. The largest absolute Gasteiger partial charge is 0.466 e. The molecule has 1 aromatic carbocycles. The summed E-state index contributed by atoms with van der Waals surface area (Å²) in [4.78, 5) is 21.8. The molecule has 0 amide bonds. The SMILES string of the molecule is CCOC(=O)CC(O)C(O)c1ccc(C=O)cc1C(F)(F)F. The van der Waals surface area contributed by atoms with Crippen molar-refractivity contribution in [1.29, 1.82) is 0 Å². The van der Waals surface area contributed by atoms with E-state index < -0.39 is 41.9 Å². The highest BCUT2D eigenvalue weighted by molar-refractivity contribution is 5.75. The molecule has 0 bridgehead atoms. The smallest absolute Gasteiger partial charge is 0.416 e. The van der Waals surface area contributed by atoms with Crippen LogP contribution in [0.2, 0.25) is 0 Å². The summed E-state index contributed by atoms with van der Waals surface area (Å²) in [5.74, 6) is -0.841. The van der Waals surface area contributed by atoms with Crippen molar-refractivity contribution in [2.75, 3.05) is 6.61 Å². The molecule has 0 saturated heterocycles. The van der Waals surface area contributed by atoms with Crippen molar-refractivity contribution < 1.29 is 37.7 Å². The van der Waals surface area contributed by atoms with Crippen molar-refractivity contribution in [2.24, 2.45) is 0 Å². The number of aliphatic hydroxyl groups is 2. The molecule has 0 aliphatic heterocycles. The second kappa shape index (κ2) is 7.37. The van der Waals surface area contributed by atoms with E-state index in [1.54, 1.807) is 0 Å². The van der Waals surface area contributed by atoms with Crippen LogP contribution in [-0.4, -0.2) is 35.2 Å². The van der Waals surface area contributed by atoms with Crippen molar-refractivity contribution in [3.05, 3.63) is 34.9 Å². The van der Waals surface area contributed by atoms with Crippen molar-refractivity contribution in [3.63, 3.8) is 0 Å². The molecule has 0 aliphatic rings. The Hall–Kier alpha value is -1.93. The number of hydrogen-bond donors (Lipinski definition) is 2. The Labute approximate surface area is 124 Å². The topological polar surface area (TPSA) is 83.8 Å². The number of aldehydes is 1. The van der Waals surface area contributed by atoms with Crippen LogP contribution in [0.5, 0.6) is 0 Å². The van der Waals surface area contributed by atoms with Gasteiger partial charge >= 0.3 is 12.1 Å². The van der Waals surface area contributed by atoms with E-state index in [2.05, 4.69) is 4.74 Å². The van der Waals surface area contributed by atoms with Crippen LogP contribution in [-0.2, 0) is 15.7 Å². The molecule has 0 saturated carbocycles. The number of rotatable bonds is 6. The summed E-state index contributed by atoms with van der Waals surface area (Å²) in [7, 11) is 0. The van der Waals surface area contributed by atoms with E-state index in [4.69, 9.17) is 0 Å². The molecule has 0 aromatic heterocycles. The molecule has 22 heavy (non-hydrogen) atoms. The van der Waals surface area contributed by atoms with Gasteiger partial charge in [-0.25, -0.2) is 0 Å². The molecular formula is C14H15F3O5. The lowest BCUT2D eigenvalue weighted by Gasteiger charge is -2.21. The van der Waals surface area contributed by atoms with Gasteiger partial charge in [-0.1, -0.05) is 12.1 Å². The fraction of sp³-hybridized carbons (Fsp3) is 0.429. The zero-order chi connectivity index (χ0) is 16.9. The fourth-order valence-corrected chi connectivity index (χ4v) is 1.86. The van der Waals surface area contributed by atoms with Crippen LogP contribution >= 0.6 is 0 Å². The lowest BCUT2D eigenvalue weighted by molar-refractivity contribution is -0.147. The second-order valence-corrected chi connectivity index (χ2v) is 4.48. The number of halogens is 3. The molecule has 0 spiro atoms. The molecule has 1 rings (SSSR count). The second-order valence-electron chi connectivity index (χ2n) is 4.48. The van der Waals surface area contributed by atoms with E-state index in [1.165, 1.54) is 6.92 Å². The lowest BCUT2D eigenvalue weighted by atomic mass is 9.95. The maximum Gasteiger partial charge on any atom is 0.416 e. The Morgan fingerprint density at radius 3 is 2.50 bits per heavy atom. The standard InChI is InChI=1S/C14H15F3O5/c1-2-22-12(20)6-11(19)13(21)9-4-3-8(7-18)5-10(9)14(15,16)17/h3-5,7,11,13,19,21H,2,6H2,1H3. The van der Waals surface area contributed by atoms with Gasteiger partial charge in [-0.2, -0.15) is 13.2 Å². The summed E-state index contributed by atoms with van der Waals surface area (Å²) in [6, 6.07) is 2.55. The Balaban J connectivity index is 3.09. The van der Waals surface area contributed by atoms with E-state index >= 15 is 0 Å². The minimum atomic E-state index is -4.82. The third-order valence-corrected chi connectivity index (χ3v) is 2.88. The fourth-order valence-electron chi connectivity index (χ4n) is 1.86. The van der Waals surface area contributed by atoms with Crippen molar-refractivity contribution in [2.45, 2.75) is 31.7 Å². The van der Waals surface area contributed by atoms with Crippen molar-refractivity contribution in [1.82, 2.24) is 0 Å². The van der Waals surface area contributed by atoms with Gasteiger partial charge in [-0.05, 0) is 18.6 Å². The van der Waals surface area contributed by atoms with Gasteiger partial charge in [0.1, 0.15) is 12.4 Å². The molecule has 0 aliphatic carbocycles. The first kappa shape index (κ1) is 18.1. The number of carbonyl (C=O) groups is 2. The lowest BCUT2D eigenvalue weighted by Crippen LogP contribution is -2.25. The van der Waals surface area contributed by atoms with Gasteiger partial charge in [0.2, 0.25) is 0 Å². The molecule has 1 aromatic rings. The summed E-state index contributed by atoms with van der Waals surface area (Å²) < 4.78 is 43.5. The van der Waals surface area contributed by atoms with Gasteiger partial charge in [0.15, 0.2) is 0 Å². The van der Waals surface area contributed by atoms with Gasteiger partial charge < -0.3 is 14.9 Å². The summed E-state index contributed by atoms with van der Waals surface area (Å²) in [5, 5.41) is 19.6. The minimum absolute atomic E-state index is 0.0451. The molecule has 2 N–H and O–H groups in total. The summed E-state index contributed by atoms with van der Waals surface area (Å²) in [6.45, 7) is 1.57. The normalized spacial score (nSPS) is 14.3. The molecular weight excluding hydrogens is 305 g/mol. The Morgan fingerprint density at radius 1 is 1.36 bits per heavy atom. The first-order valence-corrected chi connectivity index (χ1v) is 6.38. The summed E-state index contributed by atoms with van der Waals surface area (Å²) >= 11 is 0. The van der Waals surface area contributed by atoms with Gasteiger partial charge in [-0.15, -0.1) is 0 Å². The van der Waals surface area contributed by atoms with E-state index in [9.17, 15) is 33.0 Å². The molecule has 8 heteroatoms. The molecule has 2 atom stereocenters. The zero-order valence-corrected chi connectivity index (χ0v) is 11.6. The van der Waals surface area contributed by atoms with Crippen LogP contribution in [0.3, 0.4) is 0 Å². The van der Waals surface area contributed by atoms with Crippen LogP contribution in [0.4, 0.5) is 13.2 Å². The molecule has 0 fully saturated rings. The van der Waals surface area contributed by atoms with Gasteiger partial charge in [0, 0.05) is 5.56 Å². The average Bonchev–Trinajstić information content (AvgIpc) is 2.45. The van der Waals surface area contributed by atoms with Crippen molar-refractivity contribution >= 4 is 12.3 Å². The van der Waals surface area contributed by atoms with E-state index in [-0.39, 0.29) is 18.5 Å². The number of carbonyl (C=O) groups excluding carboxylic acids is 2. The quantitative estimate of drug-likeness (QED) is 0.617. The van der Waals surface area contributed by atoms with Crippen LogP contribution in [0, 0.1) is 0 Å². The maximum atomic E-state index is 13.0. The third-order valence-electron chi connectivity index (χ3n) is 2.88. The highest BCUT2D eigenvalue weighted by Crippen LogP contribution is 2.36. The van der Waals surface area contributed by atoms with E-state index in [0.29, 0.717) is 6.07 Å². The number of esters is 1. The van der Waals surface area contributed by atoms with Crippen LogP contribution < -0.4 is 0 Å². The van der Waals surface area contributed by atoms with Gasteiger partial charge in [-0.3, -0.25) is 9.59 Å². The van der Waals surface area contributed by atoms with E-state index in [0.717, 1.165) is 12.1 Å². The Kier molecular flexibility index (Phi) is 6.07. The van der Waals surface area contributed by atoms with Crippen LogP contribution in [0.25, 0.3) is 0 Å². The number of benzene rings is 1. The minimum Gasteiger partial charge on any atom is -0.466 e. The molecule has 122 valence electrons. The number of hydrogen-bond acceptors (Lipinski definition) is 5. The van der Waals surface area contributed by atoms with Gasteiger partial charge in [0.25, 0.3) is 0 Å². The molecule has 0 heterocycles. The summed E-state index contributed by atoms with van der Waals surface area (Å²) in [5.41, 5.74) is -2.08.